The average molecular weight is 282 g/mol. The van der Waals surface area contributed by atoms with Gasteiger partial charge in [-0.3, -0.25) is 13.9 Å². The second kappa shape index (κ2) is 5.62. The van der Waals surface area contributed by atoms with Crippen molar-refractivity contribution in [2.75, 3.05) is 0 Å². The van der Waals surface area contributed by atoms with Gasteiger partial charge in [-0.25, -0.2) is 9.78 Å². The van der Waals surface area contributed by atoms with Crippen LogP contribution in [0.15, 0.2) is 15.9 Å². The highest BCUT2D eigenvalue weighted by atomic mass is 16.3. The Kier molecular flexibility index (Phi) is 3.34. The predicted octanol–water partition coefficient (Wildman–Crippen LogP) is -0.0152. The highest BCUT2D eigenvalue weighted by Crippen LogP contribution is 2.04. The molecule has 0 saturated heterocycles. The SMILES string of the molecule is [2H]c1nc2c(c(=O)n(CCCCC([2H])(C)O)c(=O)n2C)n1C. The molecule has 0 aliphatic rings. The van der Waals surface area contributed by atoms with Crippen molar-refractivity contribution in [1.29, 1.82) is 0 Å². The van der Waals surface area contributed by atoms with Crippen LogP contribution in [0, 0.1) is 0 Å². The van der Waals surface area contributed by atoms with Crippen LogP contribution < -0.4 is 11.2 Å². The Hall–Kier alpha value is -1.89. The summed E-state index contributed by atoms with van der Waals surface area (Å²) in [4.78, 5) is 28.6. The van der Waals surface area contributed by atoms with Gasteiger partial charge in [0.15, 0.2) is 11.2 Å². The number of imidazole rings is 1. The summed E-state index contributed by atoms with van der Waals surface area (Å²) in [7, 11) is 3.08. The molecule has 2 rings (SSSR count). The molecule has 0 amide bonds. The summed E-state index contributed by atoms with van der Waals surface area (Å²) < 4.78 is 18.7. The Bertz CT molecular complexity index is 814. The van der Waals surface area contributed by atoms with E-state index in [4.69, 9.17) is 2.74 Å². The normalized spacial score (nSPS) is 16.0. The summed E-state index contributed by atoms with van der Waals surface area (Å²) in [6.45, 7) is 1.60. The van der Waals surface area contributed by atoms with Gasteiger partial charge in [-0.15, -0.1) is 0 Å². The molecule has 0 radical (unpaired) electrons. The molecule has 0 fully saturated rings. The molecule has 0 aromatic carbocycles. The zero-order chi connectivity index (χ0) is 16.7. The molecule has 1 N–H and O–H groups in total. The first-order valence-electron chi connectivity index (χ1n) is 7.48. The first-order valence-corrected chi connectivity index (χ1v) is 6.48. The van der Waals surface area contributed by atoms with E-state index in [2.05, 4.69) is 4.98 Å². The predicted molar refractivity (Wildman–Crippen MR) is 75.7 cm³/mol. The number of rotatable bonds is 5. The van der Waals surface area contributed by atoms with E-state index >= 15 is 0 Å². The van der Waals surface area contributed by atoms with E-state index in [1.165, 1.54) is 23.1 Å². The topological polar surface area (TPSA) is 82.1 Å². The highest BCUT2D eigenvalue weighted by Gasteiger charge is 2.14. The van der Waals surface area contributed by atoms with Crippen LogP contribution in [-0.4, -0.2) is 29.9 Å². The molecule has 2 aromatic rings. The fourth-order valence-electron chi connectivity index (χ4n) is 2.18. The maximum Gasteiger partial charge on any atom is 0.332 e. The lowest BCUT2D eigenvalue weighted by atomic mass is 10.2. The minimum Gasteiger partial charge on any atom is -0.393 e. The summed E-state index contributed by atoms with van der Waals surface area (Å²) in [5.41, 5.74) is -0.523. The highest BCUT2D eigenvalue weighted by molar-refractivity contribution is 5.69. The van der Waals surface area contributed by atoms with Gasteiger partial charge in [-0.2, -0.15) is 0 Å². The molecular weight excluding hydrogens is 260 g/mol. The standard InChI is InChI=1S/C13H20N4O3/c1-9(18)6-4-5-7-17-12(19)10-11(14-8-15(10)2)16(3)13(17)20/h8-9,18H,4-7H2,1-3H3/i8D,9D. The van der Waals surface area contributed by atoms with Gasteiger partial charge in [-0.1, -0.05) is 0 Å². The number of unbranched alkanes of at least 4 members (excludes halogenated alkanes) is 1. The Morgan fingerprint density at radius 2 is 2.15 bits per heavy atom. The molecule has 2 aromatic heterocycles. The van der Waals surface area contributed by atoms with E-state index in [1.807, 2.05) is 0 Å². The van der Waals surface area contributed by atoms with Crippen LogP contribution in [-0.2, 0) is 20.6 Å². The molecule has 0 aliphatic heterocycles. The number of hydrogen-bond donors (Lipinski definition) is 1. The summed E-state index contributed by atoms with van der Waals surface area (Å²) in [5, 5.41) is 9.35. The summed E-state index contributed by atoms with van der Waals surface area (Å²) in [5.74, 6) is 0. The van der Waals surface area contributed by atoms with Gasteiger partial charge in [0.2, 0.25) is 0 Å². The van der Waals surface area contributed by atoms with Crippen LogP contribution in [0.25, 0.3) is 11.2 Å². The summed E-state index contributed by atoms with van der Waals surface area (Å²) in [6, 6.07) is 0. The van der Waals surface area contributed by atoms with E-state index in [0.29, 0.717) is 12.8 Å². The van der Waals surface area contributed by atoms with Gasteiger partial charge < -0.3 is 9.67 Å². The molecule has 7 heteroatoms. The van der Waals surface area contributed by atoms with E-state index in [1.54, 1.807) is 7.05 Å². The van der Waals surface area contributed by atoms with Crippen molar-refractivity contribution >= 4 is 11.2 Å². The molecule has 1 unspecified atom stereocenters. The number of nitrogens with zero attached hydrogens (tertiary/aromatic N) is 4. The van der Waals surface area contributed by atoms with E-state index in [9.17, 15) is 14.7 Å². The van der Waals surface area contributed by atoms with Crippen LogP contribution in [0.5, 0.6) is 0 Å². The Morgan fingerprint density at radius 1 is 1.45 bits per heavy atom. The van der Waals surface area contributed by atoms with Gasteiger partial charge in [0.1, 0.15) is 1.37 Å². The number of fused-ring (bicyclic) bond motifs is 1. The number of aliphatic hydroxyl groups is 1. The molecule has 20 heavy (non-hydrogen) atoms. The summed E-state index contributed by atoms with van der Waals surface area (Å²) in [6.07, 6.45) is -0.278. The number of aryl methyl sites for hydroxylation is 2. The van der Waals surface area contributed by atoms with Crippen LogP contribution in [0.3, 0.4) is 0 Å². The Labute approximate surface area is 118 Å². The van der Waals surface area contributed by atoms with Crippen molar-refractivity contribution < 1.29 is 7.85 Å². The van der Waals surface area contributed by atoms with Crippen LogP contribution in [0.4, 0.5) is 0 Å². The van der Waals surface area contributed by atoms with Crippen molar-refractivity contribution in [2.45, 2.75) is 38.8 Å². The number of aromatic nitrogens is 4. The molecule has 2 heterocycles. The average Bonchev–Trinajstić information content (AvgIpc) is 2.71. The van der Waals surface area contributed by atoms with Crippen molar-refractivity contribution in [3.8, 4) is 0 Å². The lowest BCUT2D eigenvalue weighted by molar-refractivity contribution is 0.180. The number of hydrogen-bond acceptors (Lipinski definition) is 4. The van der Waals surface area contributed by atoms with Crippen LogP contribution in [0.2, 0.25) is 0 Å². The first-order chi connectivity index (χ1) is 10.1. The third-order valence-corrected chi connectivity index (χ3v) is 3.31. The van der Waals surface area contributed by atoms with Crippen molar-refractivity contribution in [3.05, 3.63) is 27.1 Å². The zero-order valence-electron chi connectivity index (χ0n) is 13.9. The minimum absolute atomic E-state index is 0.0786. The van der Waals surface area contributed by atoms with E-state index in [-0.39, 0.29) is 30.4 Å². The van der Waals surface area contributed by atoms with Gasteiger partial charge in [0, 0.05) is 20.6 Å². The van der Waals surface area contributed by atoms with E-state index in [0.717, 1.165) is 4.57 Å². The second-order valence-electron chi connectivity index (χ2n) is 4.93. The summed E-state index contributed by atoms with van der Waals surface area (Å²) >= 11 is 0. The smallest absolute Gasteiger partial charge is 0.332 e. The molecule has 1 atom stereocenters. The van der Waals surface area contributed by atoms with Gasteiger partial charge >= 0.3 is 5.69 Å². The molecule has 7 nitrogen and oxygen atoms in total. The zero-order valence-corrected chi connectivity index (χ0v) is 11.9. The third kappa shape index (κ3) is 2.53. The molecular formula is C13H20N4O3. The molecule has 0 aliphatic carbocycles. The Morgan fingerprint density at radius 3 is 2.80 bits per heavy atom. The molecule has 0 saturated carbocycles. The molecule has 110 valence electrons. The quantitative estimate of drug-likeness (QED) is 0.782. The van der Waals surface area contributed by atoms with E-state index < -0.39 is 17.3 Å². The van der Waals surface area contributed by atoms with Gasteiger partial charge in [-0.05, 0) is 26.2 Å². The lowest BCUT2D eigenvalue weighted by Gasteiger charge is -2.09. The van der Waals surface area contributed by atoms with Crippen molar-refractivity contribution in [3.63, 3.8) is 0 Å². The lowest BCUT2D eigenvalue weighted by Crippen LogP contribution is -2.39. The maximum atomic E-state index is 12.4. The van der Waals surface area contributed by atoms with Crippen molar-refractivity contribution in [2.24, 2.45) is 14.1 Å². The maximum absolute atomic E-state index is 12.4. The largest absolute Gasteiger partial charge is 0.393 e. The molecule has 0 spiro atoms. The van der Waals surface area contributed by atoms with Gasteiger partial charge in [0.05, 0.1) is 13.8 Å². The third-order valence-electron chi connectivity index (χ3n) is 3.31. The minimum atomic E-state index is -1.50. The van der Waals surface area contributed by atoms with Crippen LogP contribution >= 0.6 is 0 Å². The Balaban J connectivity index is 2.37. The monoisotopic (exact) mass is 282 g/mol. The van der Waals surface area contributed by atoms with Gasteiger partial charge in [0.25, 0.3) is 5.56 Å². The van der Waals surface area contributed by atoms with Crippen molar-refractivity contribution in [1.82, 2.24) is 18.7 Å². The molecule has 0 bridgehead atoms. The first kappa shape index (κ1) is 11.9. The van der Waals surface area contributed by atoms with Crippen LogP contribution in [0.1, 0.15) is 28.9 Å². The fourth-order valence-corrected chi connectivity index (χ4v) is 2.18. The fraction of sp³-hybridized carbons (Fsp3) is 0.615. The second-order valence-corrected chi connectivity index (χ2v) is 4.93.